The average Bonchev–Trinajstić information content (AvgIpc) is 2.75. The van der Waals surface area contributed by atoms with Crippen LogP contribution >= 0.6 is 0 Å². The lowest BCUT2D eigenvalue weighted by molar-refractivity contribution is 0.184. The van der Waals surface area contributed by atoms with Gasteiger partial charge in [-0.05, 0) is 17.7 Å². The van der Waals surface area contributed by atoms with Crippen molar-refractivity contribution in [3.63, 3.8) is 0 Å². The van der Waals surface area contributed by atoms with E-state index in [2.05, 4.69) is 5.32 Å². The lowest BCUT2D eigenvalue weighted by atomic mass is 10.1. The van der Waals surface area contributed by atoms with E-state index in [1.807, 2.05) is 12.1 Å². The molecule has 5 nitrogen and oxygen atoms in total. The Labute approximate surface area is 114 Å². The van der Waals surface area contributed by atoms with Crippen LogP contribution < -0.4 is 11.1 Å². The standard InChI is InChI=1S/C13H20N2O3S/c1-19(16,17)12-4-2-10(3-5-12)6-15-7-11-8-18-9-13(11)14/h2-5,11,13,15H,6-9,14H2,1H3. The summed E-state index contributed by atoms with van der Waals surface area (Å²) in [5.41, 5.74) is 6.95. The number of nitrogens with two attached hydrogens (primary N) is 1. The van der Waals surface area contributed by atoms with E-state index in [1.54, 1.807) is 12.1 Å². The molecule has 19 heavy (non-hydrogen) atoms. The molecule has 0 amide bonds. The summed E-state index contributed by atoms with van der Waals surface area (Å²) in [6, 6.07) is 7.04. The van der Waals surface area contributed by atoms with Crippen molar-refractivity contribution in [1.82, 2.24) is 5.32 Å². The molecule has 6 heteroatoms. The topological polar surface area (TPSA) is 81.4 Å². The molecule has 1 aromatic rings. The van der Waals surface area contributed by atoms with E-state index >= 15 is 0 Å². The third-order valence-electron chi connectivity index (χ3n) is 3.33. The summed E-state index contributed by atoms with van der Waals surface area (Å²) in [5.74, 6) is 0.357. The zero-order chi connectivity index (χ0) is 13.9. The monoisotopic (exact) mass is 284 g/mol. The minimum atomic E-state index is -3.11. The van der Waals surface area contributed by atoms with Crippen molar-refractivity contribution in [2.75, 3.05) is 26.0 Å². The maximum Gasteiger partial charge on any atom is 0.175 e. The largest absolute Gasteiger partial charge is 0.379 e. The van der Waals surface area contributed by atoms with Gasteiger partial charge in [-0.15, -0.1) is 0 Å². The Morgan fingerprint density at radius 3 is 2.53 bits per heavy atom. The van der Waals surface area contributed by atoms with Crippen molar-refractivity contribution in [1.29, 1.82) is 0 Å². The van der Waals surface area contributed by atoms with E-state index in [0.29, 0.717) is 30.6 Å². The maximum atomic E-state index is 11.3. The summed E-state index contributed by atoms with van der Waals surface area (Å²) in [6.45, 7) is 2.86. The van der Waals surface area contributed by atoms with E-state index < -0.39 is 9.84 Å². The van der Waals surface area contributed by atoms with Gasteiger partial charge >= 0.3 is 0 Å². The van der Waals surface area contributed by atoms with E-state index in [9.17, 15) is 8.42 Å². The molecule has 1 heterocycles. The fourth-order valence-electron chi connectivity index (χ4n) is 2.08. The van der Waals surface area contributed by atoms with Gasteiger partial charge in [0.15, 0.2) is 9.84 Å². The normalized spacial score (nSPS) is 23.7. The molecule has 2 rings (SSSR count). The average molecular weight is 284 g/mol. The number of ether oxygens (including phenoxy) is 1. The number of rotatable bonds is 5. The molecule has 0 aromatic heterocycles. The minimum absolute atomic E-state index is 0.111. The highest BCUT2D eigenvalue weighted by Crippen LogP contribution is 2.12. The summed E-state index contributed by atoms with van der Waals surface area (Å²) in [7, 11) is -3.11. The van der Waals surface area contributed by atoms with Crippen LogP contribution in [0.1, 0.15) is 5.56 Å². The first kappa shape index (κ1) is 14.5. The van der Waals surface area contributed by atoms with Crippen molar-refractivity contribution in [3.05, 3.63) is 29.8 Å². The van der Waals surface area contributed by atoms with Gasteiger partial charge in [0.1, 0.15) is 0 Å². The van der Waals surface area contributed by atoms with Crippen LogP contribution in [0.5, 0.6) is 0 Å². The molecule has 3 N–H and O–H groups in total. The first-order valence-corrected chi connectivity index (χ1v) is 8.19. The Bertz CT molecular complexity index is 513. The van der Waals surface area contributed by atoms with Crippen LogP contribution in [0.4, 0.5) is 0 Å². The Morgan fingerprint density at radius 2 is 2.00 bits per heavy atom. The summed E-state index contributed by atoms with van der Waals surface area (Å²) >= 11 is 0. The second-order valence-electron chi connectivity index (χ2n) is 5.01. The van der Waals surface area contributed by atoms with Gasteiger partial charge in [0.05, 0.1) is 18.1 Å². The predicted octanol–water partition coefficient (Wildman–Crippen LogP) is 0.153. The summed E-state index contributed by atoms with van der Waals surface area (Å²) in [6.07, 6.45) is 1.21. The summed E-state index contributed by atoms with van der Waals surface area (Å²) < 4.78 is 27.9. The molecular formula is C13H20N2O3S. The minimum Gasteiger partial charge on any atom is -0.379 e. The van der Waals surface area contributed by atoms with E-state index in [4.69, 9.17) is 10.5 Å². The Morgan fingerprint density at radius 1 is 1.32 bits per heavy atom. The second kappa shape index (κ2) is 6.00. The van der Waals surface area contributed by atoms with Crippen molar-refractivity contribution >= 4 is 9.84 Å². The highest BCUT2D eigenvalue weighted by Gasteiger charge is 2.23. The molecule has 1 aliphatic rings. The molecule has 0 radical (unpaired) electrons. The molecule has 1 aromatic carbocycles. The fraction of sp³-hybridized carbons (Fsp3) is 0.538. The van der Waals surface area contributed by atoms with Crippen LogP contribution in [-0.2, 0) is 21.1 Å². The highest BCUT2D eigenvalue weighted by atomic mass is 32.2. The van der Waals surface area contributed by atoms with Crippen LogP contribution in [-0.4, -0.2) is 40.5 Å². The van der Waals surface area contributed by atoms with E-state index in [0.717, 1.165) is 12.1 Å². The smallest absolute Gasteiger partial charge is 0.175 e. The number of benzene rings is 1. The lowest BCUT2D eigenvalue weighted by Gasteiger charge is -2.14. The Balaban J connectivity index is 1.83. The molecule has 1 saturated heterocycles. The van der Waals surface area contributed by atoms with Crippen LogP contribution in [0.2, 0.25) is 0 Å². The molecule has 0 spiro atoms. The molecular weight excluding hydrogens is 264 g/mol. The van der Waals surface area contributed by atoms with Gasteiger partial charge in [0.2, 0.25) is 0 Å². The summed E-state index contributed by atoms with van der Waals surface area (Å²) in [5, 5.41) is 3.32. The van der Waals surface area contributed by atoms with Crippen molar-refractivity contribution in [2.24, 2.45) is 11.7 Å². The quantitative estimate of drug-likeness (QED) is 0.804. The SMILES string of the molecule is CS(=O)(=O)c1ccc(CNCC2COCC2N)cc1. The van der Waals surface area contributed by atoms with Gasteiger partial charge in [0, 0.05) is 31.3 Å². The molecule has 2 atom stereocenters. The predicted molar refractivity (Wildman–Crippen MR) is 73.5 cm³/mol. The molecule has 2 unspecified atom stereocenters. The van der Waals surface area contributed by atoms with Crippen molar-refractivity contribution in [2.45, 2.75) is 17.5 Å². The Hall–Kier alpha value is -0.950. The first-order valence-electron chi connectivity index (χ1n) is 6.30. The third kappa shape index (κ3) is 4.01. The molecule has 0 aliphatic carbocycles. The second-order valence-corrected chi connectivity index (χ2v) is 7.02. The van der Waals surface area contributed by atoms with Gasteiger partial charge in [-0.25, -0.2) is 8.42 Å². The third-order valence-corrected chi connectivity index (χ3v) is 4.46. The van der Waals surface area contributed by atoms with Gasteiger partial charge in [-0.3, -0.25) is 0 Å². The van der Waals surface area contributed by atoms with Gasteiger partial charge < -0.3 is 15.8 Å². The molecule has 0 saturated carbocycles. The number of sulfone groups is 1. The van der Waals surface area contributed by atoms with Crippen LogP contribution in [0.25, 0.3) is 0 Å². The van der Waals surface area contributed by atoms with Crippen molar-refractivity contribution in [3.8, 4) is 0 Å². The number of hydrogen-bond donors (Lipinski definition) is 2. The van der Waals surface area contributed by atoms with Crippen molar-refractivity contribution < 1.29 is 13.2 Å². The molecule has 1 fully saturated rings. The fourth-order valence-corrected chi connectivity index (χ4v) is 2.71. The lowest BCUT2D eigenvalue weighted by Crippen LogP contribution is -2.35. The molecule has 1 aliphatic heterocycles. The highest BCUT2D eigenvalue weighted by molar-refractivity contribution is 7.90. The molecule has 106 valence electrons. The summed E-state index contributed by atoms with van der Waals surface area (Å²) in [4.78, 5) is 0.350. The van der Waals surface area contributed by atoms with Crippen LogP contribution in [0, 0.1) is 5.92 Å². The van der Waals surface area contributed by atoms with Crippen LogP contribution in [0.15, 0.2) is 29.2 Å². The zero-order valence-electron chi connectivity index (χ0n) is 11.0. The maximum absolute atomic E-state index is 11.3. The Kier molecular flexibility index (Phi) is 4.57. The first-order chi connectivity index (χ1) is 8.97. The van der Waals surface area contributed by atoms with E-state index in [1.165, 1.54) is 6.26 Å². The van der Waals surface area contributed by atoms with Gasteiger partial charge in [-0.2, -0.15) is 0 Å². The number of hydrogen-bond acceptors (Lipinski definition) is 5. The zero-order valence-corrected chi connectivity index (χ0v) is 11.8. The van der Waals surface area contributed by atoms with Gasteiger partial charge in [0.25, 0.3) is 0 Å². The van der Waals surface area contributed by atoms with E-state index in [-0.39, 0.29) is 6.04 Å². The van der Waals surface area contributed by atoms with Crippen LogP contribution in [0.3, 0.4) is 0 Å². The molecule has 0 bridgehead atoms. The number of nitrogens with one attached hydrogen (secondary N) is 1. The van der Waals surface area contributed by atoms with Gasteiger partial charge in [-0.1, -0.05) is 12.1 Å².